The van der Waals surface area contributed by atoms with Crippen LogP contribution in [0, 0.1) is 6.92 Å². The Morgan fingerprint density at radius 2 is 2.08 bits per heavy atom. The molecule has 0 aliphatic heterocycles. The van der Waals surface area contributed by atoms with E-state index in [1.54, 1.807) is 0 Å². The maximum Gasteiger partial charge on any atom is 0.296 e. The molecule has 0 aromatic carbocycles. The summed E-state index contributed by atoms with van der Waals surface area (Å²) in [6, 6.07) is 2.51. The van der Waals surface area contributed by atoms with Gasteiger partial charge in [-0.05, 0) is 19.1 Å². The lowest BCUT2D eigenvalue weighted by atomic mass is 10.4. The van der Waals surface area contributed by atoms with Crippen LogP contribution < -0.4 is 0 Å². The highest BCUT2D eigenvalue weighted by molar-refractivity contribution is 7.85. The van der Waals surface area contributed by atoms with Crippen LogP contribution in [0.1, 0.15) is 5.69 Å². The number of hydrogen-bond acceptors (Lipinski definition) is 3. The number of halogens is 1. The molecule has 1 heterocycles. The summed E-state index contributed by atoms with van der Waals surface area (Å²) >= 11 is 5.48. The molecule has 0 saturated heterocycles. The van der Waals surface area contributed by atoms with Gasteiger partial charge in [-0.25, -0.2) is 4.98 Å². The van der Waals surface area contributed by atoms with Gasteiger partial charge in [-0.1, -0.05) is 11.6 Å². The van der Waals surface area contributed by atoms with Gasteiger partial charge in [0.05, 0.1) is 5.69 Å². The molecule has 1 N–H and O–H groups in total. The van der Waals surface area contributed by atoms with E-state index in [-0.39, 0.29) is 15.7 Å². The Balaban J connectivity index is 3.39. The van der Waals surface area contributed by atoms with E-state index in [1.807, 2.05) is 0 Å². The fraction of sp³-hybridized carbons (Fsp3) is 0.167. The van der Waals surface area contributed by atoms with E-state index in [2.05, 4.69) is 4.98 Å². The molecule has 6 heteroatoms. The van der Waals surface area contributed by atoms with Crippen molar-refractivity contribution in [2.24, 2.45) is 0 Å². The number of aryl methyl sites for hydroxylation is 1. The third-order valence-corrected chi connectivity index (χ3v) is 2.48. The van der Waals surface area contributed by atoms with Gasteiger partial charge in [-0.3, -0.25) is 4.55 Å². The van der Waals surface area contributed by atoms with Crippen molar-refractivity contribution >= 4 is 21.7 Å². The number of rotatable bonds is 1. The third-order valence-electron chi connectivity index (χ3n) is 1.28. The first-order valence-corrected chi connectivity index (χ1v) is 4.83. The summed E-state index contributed by atoms with van der Waals surface area (Å²) in [7, 11) is -4.17. The van der Waals surface area contributed by atoms with Crippen LogP contribution in [-0.4, -0.2) is 18.0 Å². The van der Waals surface area contributed by atoms with Crippen LogP contribution in [0.15, 0.2) is 17.0 Å². The summed E-state index contributed by atoms with van der Waals surface area (Å²) in [6.45, 7) is 1.45. The Bertz CT molecular complexity index is 401. The summed E-state index contributed by atoms with van der Waals surface area (Å²) < 4.78 is 29.9. The zero-order valence-corrected chi connectivity index (χ0v) is 7.72. The Kier molecular flexibility index (Phi) is 2.36. The Morgan fingerprint density at radius 1 is 1.50 bits per heavy atom. The maximum atomic E-state index is 10.6. The molecular weight excluding hydrogens is 202 g/mol. The zero-order valence-electron chi connectivity index (χ0n) is 6.15. The lowest BCUT2D eigenvalue weighted by molar-refractivity contribution is 0.482. The fourth-order valence-electron chi connectivity index (χ4n) is 0.790. The van der Waals surface area contributed by atoms with Gasteiger partial charge in [0.1, 0.15) is 10.0 Å². The summed E-state index contributed by atoms with van der Waals surface area (Å²) in [5, 5.41) is 0.194. The molecule has 1 aromatic heterocycles. The van der Waals surface area contributed by atoms with E-state index in [0.717, 1.165) is 0 Å². The molecule has 66 valence electrons. The molecule has 0 fully saturated rings. The summed E-state index contributed by atoms with van der Waals surface area (Å²) in [5.74, 6) is 0. The maximum absolute atomic E-state index is 10.6. The summed E-state index contributed by atoms with van der Waals surface area (Å²) in [6.07, 6.45) is 0. The van der Waals surface area contributed by atoms with Crippen LogP contribution in [0.3, 0.4) is 0 Å². The molecule has 0 saturated carbocycles. The molecule has 0 bridgehead atoms. The number of nitrogens with zero attached hydrogens (tertiary/aromatic N) is 1. The van der Waals surface area contributed by atoms with Crippen LogP contribution in [0.5, 0.6) is 0 Å². The Morgan fingerprint density at radius 3 is 2.50 bits per heavy atom. The molecule has 4 nitrogen and oxygen atoms in total. The van der Waals surface area contributed by atoms with Crippen molar-refractivity contribution in [2.45, 2.75) is 11.8 Å². The van der Waals surface area contributed by atoms with E-state index >= 15 is 0 Å². The monoisotopic (exact) mass is 207 g/mol. The molecule has 0 amide bonds. The van der Waals surface area contributed by atoms with Gasteiger partial charge in [0.15, 0.2) is 0 Å². The minimum Gasteiger partial charge on any atom is -0.282 e. The fourth-order valence-corrected chi connectivity index (χ4v) is 1.64. The number of pyridine rings is 1. The average molecular weight is 208 g/mol. The summed E-state index contributed by atoms with van der Waals surface area (Å²) in [5.41, 5.74) is 0.185. The second kappa shape index (κ2) is 3.01. The molecule has 0 atom stereocenters. The van der Waals surface area contributed by atoms with Crippen LogP contribution >= 0.6 is 11.6 Å². The first kappa shape index (κ1) is 9.44. The lowest BCUT2D eigenvalue weighted by Crippen LogP contribution is -2.02. The Hall–Kier alpha value is -0.650. The van der Waals surface area contributed by atoms with Crippen molar-refractivity contribution in [2.75, 3.05) is 0 Å². The van der Waals surface area contributed by atoms with Crippen molar-refractivity contribution in [1.29, 1.82) is 0 Å². The molecular formula is C6H6ClNO3S. The second-order valence-electron chi connectivity index (χ2n) is 2.19. The molecule has 0 spiro atoms. The van der Waals surface area contributed by atoms with E-state index in [9.17, 15) is 8.42 Å². The molecule has 0 aliphatic rings. The largest absolute Gasteiger partial charge is 0.296 e. The smallest absolute Gasteiger partial charge is 0.282 e. The first-order chi connectivity index (χ1) is 5.41. The molecule has 1 aromatic rings. The summed E-state index contributed by atoms with van der Waals surface area (Å²) in [4.78, 5) is 3.45. The van der Waals surface area contributed by atoms with E-state index in [1.165, 1.54) is 19.1 Å². The minimum atomic E-state index is -4.17. The SMILES string of the molecule is Cc1nc(Cl)ccc1S(=O)(=O)O. The molecule has 0 aliphatic carbocycles. The number of hydrogen-bond donors (Lipinski definition) is 1. The van der Waals surface area contributed by atoms with E-state index in [4.69, 9.17) is 16.2 Å². The first-order valence-electron chi connectivity index (χ1n) is 3.02. The van der Waals surface area contributed by atoms with Crippen LogP contribution in [0.4, 0.5) is 0 Å². The lowest BCUT2D eigenvalue weighted by Gasteiger charge is -2.00. The highest BCUT2D eigenvalue weighted by Crippen LogP contribution is 2.15. The van der Waals surface area contributed by atoms with Crippen LogP contribution in [0.25, 0.3) is 0 Å². The van der Waals surface area contributed by atoms with Gasteiger partial charge in [0.2, 0.25) is 0 Å². The minimum absolute atomic E-state index is 0.185. The van der Waals surface area contributed by atoms with E-state index < -0.39 is 10.1 Å². The van der Waals surface area contributed by atoms with Crippen LogP contribution in [0.2, 0.25) is 5.15 Å². The van der Waals surface area contributed by atoms with Gasteiger partial charge < -0.3 is 0 Å². The highest BCUT2D eigenvalue weighted by atomic mass is 35.5. The van der Waals surface area contributed by atoms with Gasteiger partial charge in [0.25, 0.3) is 10.1 Å². The predicted molar refractivity (Wildman–Crippen MR) is 43.8 cm³/mol. The molecule has 0 radical (unpaired) electrons. The molecule has 0 unspecified atom stereocenters. The topological polar surface area (TPSA) is 67.3 Å². The Labute approximate surface area is 74.9 Å². The molecule has 1 rings (SSSR count). The normalized spacial score (nSPS) is 11.6. The highest BCUT2D eigenvalue weighted by Gasteiger charge is 2.13. The van der Waals surface area contributed by atoms with Crippen molar-refractivity contribution in [3.8, 4) is 0 Å². The van der Waals surface area contributed by atoms with Gasteiger partial charge in [-0.2, -0.15) is 8.42 Å². The second-order valence-corrected chi connectivity index (χ2v) is 3.97. The van der Waals surface area contributed by atoms with Gasteiger partial charge >= 0.3 is 0 Å². The van der Waals surface area contributed by atoms with Crippen molar-refractivity contribution in [1.82, 2.24) is 4.98 Å². The standard InChI is InChI=1S/C6H6ClNO3S/c1-4-5(12(9,10)11)2-3-6(7)8-4/h2-3H,1H3,(H,9,10,11). The van der Waals surface area contributed by atoms with E-state index in [0.29, 0.717) is 0 Å². The average Bonchev–Trinajstić information content (AvgIpc) is 1.83. The predicted octanol–water partition coefficient (Wildman–Crippen LogP) is 1.29. The quantitative estimate of drug-likeness (QED) is 0.557. The number of aromatic nitrogens is 1. The third kappa shape index (κ3) is 1.94. The van der Waals surface area contributed by atoms with Crippen molar-refractivity contribution in [3.63, 3.8) is 0 Å². The van der Waals surface area contributed by atoms with Gasteiger partial charge in [0, 0.05) is 0 Å². The van der Waals surface area contributed by atoms with Crippen molar-refractivity contribution in [3.05, 3.63) is 23.0 Å². The van der Waals surface area contributed by atoms with Gasteiger partial charge in [-0.15, -0.1) is 0 Å². The molecule has 12 heavy (non-hydrogen) atoms. The zero-order chi connectivity index (χ0) is 9.35. The van der Waals surface area contributed by atoms with Crippen molar-refractivity contribution < 1.29 is 13.0 Å². The van der Waals surface area contributed by atoms with Crippen LogP contribution in [-0.2, 0) is 10.1 Å².